The smallest absolute Gasteiger partial charge is 0.236 e. The molecule has 1 amide bonds. The van der Waals surface area contributed by atoms with Gasteiger partial charge in [-0.1, -0.05) is 26.2 Å². The van der Waals surface area contributed by atoms with Gasteiger partial charge in [0.05, 0.1) is 6.54 Å². The molecular formula is C12H22N2O. The van der Waals surface area contributed by atoms with Crippen molar-refractivity contribution in [3.05, 3.63) is 0 Å². The highest BCUT2D eigenvalue weighted by Crippen LogP contribution is 2.30. The van der Waals surface area contributed by atoms with Crippen molar-refractivity contribution in [3.8, 4) is 0 Å². The summed E-state index contributed by atoms with van der Waals surface area (Å²) in [5, 5.41) is 3.12. The molecule has 1 heterocycles. The van der Waals surface area contributed by atoms with Gasteiger partial charge >= 0.3 is 0 Å². The van der Waals surface area contributed by atoms with Gasteiger partial charge in [0.25, 0.3) is 0 Å². The van der Waals surface area contributed by atoms with E-state index in [0.717, 1.165) is 31.5 Å². The summed E-state index contributed by atoms with van der Waals surface area (Å²) in [5.41, 5.74) is 0. The second-order valence-electron chi connectivity index (χ2n) is 5.04. The third-order valence-corrected chi connectivity index (χ3v) is 3.93. The van der Waals surface area contributed by atoms with Crippen LogP contribution in [0.25, 0.3) is 0 Å². The molecule has 15 heavy (non-hydrogen) atoms. The topological polar surface area (TPSA) is 32.3 Å². The maximum Gasteiger partial charge on any atom is 0.236 e. The Bertz CT molecular complexity index is 230. The number of nitrogens with one attached hydrogen (secondary N) is 1. The van der Waals surface area contributed by atoms with Gasteiger partial charge in [-0.3, -0.25) is 4.79 Å². The van der Waals surface area contributed by atoms with Crippen molar-refractivity contribution in [1.29, 1.82) is 0 Å². The SMILES string of the molecule is CC1CCCCC1CN1CCNCC1=O. The summed E-state index contributed by atoms with van der Waals surface area (Å²) in [7, 11) is 0. The zero-order valence-corrected chi connectivity index (χ0v) is 9.67. The molecule has 1 aliphatic carbocycles. The Hall–Kier alpha value is -0.570. The average Bonchev–Trinajstić information content (AvgIpc) is 2.24. The van der Waals surface area contributed by atoms with Crippen molar-refractivity contribution in [3.63, 3.8) is 0 Å². The molecule has 0 aromatic heterocycles. The molecule has 2 unspecified atom stereocenters. The first-order valence-corrected chi connectivity index (χ1v) is 6.26. The van der Waals surface area contributed by atoms with Gasteiger partial charge in [0, 0.05) is 19.6 Å². The van der Waals surface area contributed by atoms with Gasteiger partial charge in [0.15, 0.2) is 0 Å². The zero-order valence-electron chi connectivity index (χ0n) is 9.67. The molecule has 2 fully saturated rings. The Balaban J connectivity index is 1.86. The minimum absolute atomic E-state index is 0.291. The largest absolute Gasteiger partial charge is 0.340 e. The Morgan fingerprint density at radius 2 is 2.20 bits per heavy atom. The Labute approximate surface area is 92.2 Å². The van der Waals surface area contributed by atoms with Crippen molar-refractivity contribution >= 4 is 5.91 Å². The van der Waals surface area contributed by atoms with Crippen LogP contribution in [0, 0.1) is 11.8 Å². The number of nitrogens with zero attached hydrogens (tertiary/aromatic N) is 1. The molecule has 3 heteroatoms. The molecule has 1 saturated carbocycles. The van der Waals surface area contributed by atoms with Crippen molar-refractivity contribution in [2.75, 3.05) is 26.2 Å². The van der Waals surface area contributed by atoms with Crippen molar-refractivity contribution < 1.29 is 4.79 Å². The highest BCUT2D eigenvalue weighted by molar-refractivity contribution is 5.78. The van der Waals surface area contributed by atoms with E-state index in [4.69, 9.17) is 0 Å². The van der Waals surface area contributed by atoms with Crippen LogP contribution in [-0.2, 0) is 4.79 Å². The Morgan fingerprint density at radius 3 is 2.93 bits per heavy atom. The first-order chi connectivity index (χ1) is 7.27. The molecule has 1 aliphatic heterocycles. The summed E-state index contributed by atoms with van der Waals surface area (Å²) in [5.74, 6) is 1.85. The summed E-state index contributed by atoms with van der Waals surface area (Å²) in [6.45, 7) is 5.76. The van der Waals surface area contributed by atoms with Crippen LogP contribution in [0.15, 0.2) is 0 Å². The van der Waals surface area contributed by atoms with Crippen LogP contribution >= 0.6 is 0 Å². The normalized spacial score (nSPS) is 33.1. The van der Waals surface area contributed by atoms with Gasteiger partial charge in [-0.15, -0.1) is 0 Å². The lowest BCUT2D eigenvalue weighted by Crippen LogP contribution is -2.50. The third kappa shape index (κ3) is 2.71. The fourth-order valence-corrected chi connectivity index (χ4v) is 2.79. The molecule has 86 valence electrons. The fraction of sp³-hybridized carbons (Fsp3) is 0.917. The molecular weight excluding hydrogens is 188 g/mol. The second-order valence-corrected chi connectivity index (χ2v) is 5.04. The summed E-state index contributed by atoms with van der Waals surface area (Å²) >= 11 is 0. The number of hydrogen-bond donors (Lipinski definition) is 1. The van der Waals surface area contributed by atoms with Crippen LogP contribution in [0.5, 0.6) is 0 Å². The zero-order chi connectivity index (χ0) is 10.7. The highest BCUT2D eigenvalue weighted by Gasteiger charge is 2.26. The van der Waals surface area contributed by atoms with Gasteiger partial charge < -0.3 is 10.2 Å². The van der Waals surface area contributed by atoms with E-state index < -0.39 is 0 Å². The maximum absolute atomic E-state index is 11.6. The van der Waals surface area contributed by atoms with Crippen LogP contribution in [0.4, 0.5) is 0 Å². The standard InChI is InChI=1S/C12H22N2O/c1-10-4-2-3-5-11(10)9-14-7-6-13-8-12(14)15/h10-11,13H,2-9H2,1H3. The molecule has 0 radical (unpaired) electrons. The van der Waals surface area contributed by atoms with E-state index in [0.29, 0.717) is 12.5 Å². The minimum atomic E-state index is 0.291. The molecule has 2 rings (SSSR count). The van der Waals surface area contributed by atoms with Crippen LogP contribution in [0.2, 0.25) is 0 Å². The third-order valence-electron chi connectivity index (χ3n) is 3.93. The van der Waals surface area contributed by atoms with E-state index in [1.165, 1.54) is 25.7 Å². The quantitative estimate of drug-likeness (QED) is 0.744. The number of piperazine rings is 1. The van der Waals surface area contributed by atoms with Gasteiger partial charge in [-0.25, -0.2) is 0 Å². The van der Waals surface area contributed by atoms with Gasteiger partial charge in [-0.2, -0.15) is 0 Å². The van der Waals surface area contributed by atoms with E-state index >= 15 is 0 Å². The summed E-state index contributed by atoms with van der Waals surface area (Å²) < 4.78 is 0. The van der Waals surface area contributed by atoms with Crippen LogP contribution < -0.4 is 5.32 Å². The van der Waals surface area contributed by atoms with Crippen LogP contribution in [-0.4, -0.2) is 37.0 Å². The lowest BCUT2D eigenvalue weighted by Gasteiger charge is -2.35. The fourth-order valence-electron chi connectivity index (χ4n) is 2.79. The number of hydrogen-bond acceptors (Lipinski definition) is 2. The molecule has 2 atom stereocenters. The van der Waals surface area contributed by atoms with E-state index in [1.807, 2.05) is 0 Å². The molecule has 1 N–H and O–H groups in total. The Morgan fingerprint density at radius 1 is 1.40 bits per heavy atom. The molecule has 0 aromatic rings. The second kappa shape index (κ2) is 4.97. The van der Waals surface area contributed by atoms with Gasteiger partial charge in [0.2, 0.25) is 5.91 Å². The lowest BCUT2D eigenvalue weighted by molar-refractivity contribution is -0.133. The molecule has 0 spiro atoms. The van der Waals surface area contributed by atoms with E-state index in [1.54, 1.807) is 0 Å². The van der Waals surface area contributed by atoms with Crippen LogP contribution in [0.1, 0.15) is 32.6 Å². The summed E-state index contributed by atoms with van der Waals surface area (Å²) in [4.78, 5) is 13.7. The molecule has 3 nitrogen and oxygen atoms in total. The van der Waals surface area contributed by atoms with E-state index in [2.05, 4.69) is 17.1 Å². The number of carbonyl (C=O) groups is 1. The lowest BCUT2D eigenvalue weighted by atomic mass is 9.80. The minimum Gasteiger partial charge on any atom is -0.340 e. The average molecular weight is 210 g/mol. The first-order valence-electron chi connectivity index (χ1n) is 6.26. The number of carbonyl (C=O) groups excluding carboxylic acids is 1. The van der Waals surface area contributed by atoms with Crippen LogP contribution in [0.3, 0.4) is 0 Å². The van der Waals surface area contributed by atoms with E-state index in [-0.39, 0.29) is 0 Å². The van der Waals surface area contributed by atoms with Crippen molar-refractivity contribution in [2.45, 2.75) is 32.6 Å². The maximum atomic E-state index is 11.6. The molecule has 2 aliphatic rings. The molecule has 0 bridgehead atoms. The van der Waals surface area contributed by atoms with E-state index in [9.17, 15) is 4.79 Å². The van der Waals surface area contributed by atoms with Crippen molar-refractivity contribution in [1.82, 2.24) is 10.2 Å². The predicted octanol–water partition coefficient (Wildman–Crippen LogP) is 1.24. The van der Waals surface area contributed by atoms with Gasteiger partial charge in [-0.05, 0) is 18.3 Å². The Kier molecular flexibility index (Phi) is 3.62. The number of rotatable bonds is 2. The van der Waals surface area contributed by atoms with Gasteiger partial charge in [0.1, 0.15) is 0 Å². The van der Waals surface area contributed by atoms with Crippen molar-refractivity contribution in [2.24, 2.45) is 11.8 Å². The molecule has 0 aromatic carbocycles. The highest BCUT2D eigenvalue weighted by atomic mass is 16.2. The summed E-state index contributed by atoms with van der Waals surface area (Å²) in [6, 6.07) is 0. The summed E-state index contributed by atoms with van der Waals surface area (Å²) in [6.07, 6.45) is 5.41. The number of amides is 1. The monoisotopic (exact) mass is 210 g/mol. The molecule has 1 saturated heterocycles. The first kappa shape index (κ1) is 10.9. The predicted molar refractivity (Wildman–Crippen MR) is 60.6 cm³/mol.